The molecule has 15 heavy (non-hydrogen) atoms. The Kier molecular flexibility index (Phi) is 3.60. The third-order valence-electron chi connectivity index (χ3n) is 2.12. The highest BCUT2D eigenvalue weighted by Crippen LogP contribution is 2.61. The highest BCUT2D eigenvalue weighted by Gasteiger charge is 2.24. The maximum absolute atomic E-state index is 9.90. The first kappa shape index (κ1) is 11.3. The van der Waals surface area contributed by atoms with Crippen LogP contribution in [0, 0.1) is 0 Å². The molecule has 1 aliphatic heterocycles. The van der Waals surface area contributed by atoms with Crippen LogP contribution in [0.2, 0.25) is 0 Å². The SMILES string of the molecule is COc1cc(CCN)c2c(c1O)SSS2. The van der Waals surface area contributed by atoms with Crippen LogP contribution in [0.1, 0.15) is 5.56 Å². The molecule has 2 rings (SSSR count). The van der Waals surface area contributed by atoms with E-state index in [-0.39, 0.29) is 5.75 Å². The molecule has 0 bridgehead atoms. The maximum Gasteiger partial charge on any atom is 0.173 e. The molecule has 1 aliphatic rings. The second-order valence-electron chi connectivity index (χ2n) is 3.02. The molecule has 0 aliphatic carbocycles. The van der Waals surface area contributed by atoms with Gasteiger partial charge in [0.05, 0.1) is 12.0 Å². The Hall–Kier alpha value is -0.170. The van der Waals surface area contributed by atoms with Gasteiger partial charge in [-0.3, -0.25) is 0 Å². The quantitative estimate of drug-likeness (QED) is 0.816. The molecule has 3 nitrogen and oxygen atoms in total. The van der Waals surface area contributed by atoms with Crippen molar-refractivity contribution in [3.63, 3.8) is 0 Å². The van der Waals surface area contributed by atoms with Gasteiger partial charge >= 0.3 is 0 Å². The summed E-state index contributed by atoms with van der Waals surface area (Å²) in [6, 6.07) is 1.88. The highest BCUT2D eigenvalue weighted by molar-refractivity contribution is 9.10. The van der Waals surface area contributed by atoms with E-state index >= 15 is 0 Å². The third kappa shape index (κ3) is 2.04. The number of methoxy groups -OCH3 is 1. The van der Waals surface area contributed by atoms with Gasteiger partial charge in [-0.05, 0) is 56.0 Å². The van der Waals surface area contributed by atoms with Crippen molar-refractivity contribution in [1.82, 2.24) is 0 Å². The van der Waals surface area contributed by atoms with E-state index in [4.69, 9.17) is 10.5 Å². The topological polar surface area (TPSA) is 55.5 Å². The van der Waals surface area contributed by atoms with Gasteiger partial charge in [-0.2, -0.15) is 0 Å². The van der Waals surface area contributed by atoms with Crippen molar-refractivity contribution in [2.24, 2.45) is 5.73 Å². The second-order valence-corrected chi connectivity index (χ2v) is 6.94. The van der Waals surface area contributed by atoms with Crippen molar-refractivity contribution < 1.29 is 9.84 Å². The minimum Gasteiger partial charge on any atom is -0.503 e. The standard InChI is InChI=1S/C9H11NO2S3/c1-12-6-4-5(2-3-10)8-9(7(6)11)14-15-13-8/h4,11H,2-3,10H2,1H3. The number of hydrogen-bond donors (Lipinski definition) is 2. The number of phenolic OH excluding ortho intramolecular Hbond substituents is 1. The van der Waals surface area contributed by atoms with Gasteiger partial charge in [-0.1, -0.05) is 0 Å². The van der Waals surface area contributed by atoms with Crippen LogP contribution >= 0.6 is 31.4 Å². The first-order valence-corrected chi connectivity index (χ1v) is 7.90. The summed E-state index contributed by atoms with van der Waals surface area (Å²) < 4.78 is 5.13. The van der Waals surface area contributed by atoms with Gasteiger partial charge in [0.25, 0.3) is 0 Å². The Balaban J connectivity index is 2.51. The lowest BCUT2D eigenvalue weighted by atomic mass is 10.1. The van der Waals surface area contributed by atoms with Gasteiger partial charge in [-0.15, -0.1) is 0 Å². The fourth-order valence-electron chi connectivity index (χ4n) is 1.41. The molecule has 1 aromatic rings. The lowest BCUT2D eigenvalue weighted by Gasteiger charge is -2.11. The largest absolute Gasteiger partial charge is 0.503 e. The number of nitrogens with two attached hydrogens (primary N) is 1. The molecular weight excluding hydrogens is 250 g/mol. The molecule has 0 aromatic heterocycles. The Bertz CT molecular complexity index is 384. The van der Waals surface area contributed by atoms with E-state index < -0.39 is 0 Å². The lowest BCUT2D eigenvalue weighted by molar-refractivity contribution is 0.365. The third-order valence-corrected chi connectivity index (χ3v) is 6.22. The van der Waals surface area contributed by atoms with Crippen LogP contribution in [0.3, 0.4) is 0 Å². The fourth-order valence-corrected chi connectivity index (χ4v) is 6.07. The van der Waals surface area contributed by atoms with Gasteiger partial charge in [0, 0.05) is 4.90 Å². The molecule has 0 saturated carbocycles. The van der Waals surface area contributed by atoms with Gasteiger partial charge in [0.2, 0.25) is 0 Å². The van der Waals surface area contributed by atoms with Crippen molar-refractivity contribution in [3.8, 4) is 11.5 Å². The van der Waals surface area contributed by atoms with E-state index in [0.29, 0.717) is 12.3 Å². The van der Waals surface area contributed by atoms with E-state index in [0.717, 1.165) is 21.8 Å². The van der Waals surface area contributed by atoms with Gasteiger partial charge < -0.3 is 15.6 Å². The minimum absolute atomic E-state index is 0.246. The second kappa shape index (κ2) is 4.78. The molecule has 0 unspecified atom stereocenters. The van der Waals surface area contributed by atoms with Crippen LogP contribution in [0.25, 0.3) is 0 Å². The molecule has 0 atom stereocenters. The summed E-state index contributed by atoms with van der Waals surface area (Å²) in [5.74, 6) is 0.781. The zero-order valence-corrected chi connectivity index (χ0v) is 10.6. The maximum atomic E-state index is 9.90. The summed E-state index contributed by atoms with van der Waals surface area (Å²) in [4.78, 5) is 2.04. The summed E-state index contributed by atoms with van der Waals surface area (Å²) in [6.07, 6.45) is 0.813. The smallest absolute Gasteiger partial charge is 0.173 e. The molecule has 3 N–H and O–H groups in total. The van der Waals surface area contributed by atoms with Crippen LogP contribution in [-0.4, -0.2) is 18.8 Å². The van der Waals surface area contributed by atoms with Gasteiger partial charge in [-0.25, -0.2) is 0 Å². The van der Waals surface area contributed by atoms with Crippen LogP contribution in [0.15, 0.2) is 15.9 Å². The van der Waals surface area contributed by atoms with Crippen LogP contribution in [-0.2, 0) is 6.42 Å². The Morgan fingerprint density at radius 1 is 1.40 bits per heavy atom. The first-order valence-electron chi connectivity index (χ1n) is 4.42. The van der Waals surface area contributed by atoms with Crippen LogP contribution < -0.4 is 10.5 Å². The summed E-state index contributed by atoms with van der Waals surface area (Å²) in [5, 5.41) is 9.90. The molecule has 82 valence electrons. The van der Waals surface area contributed by atoms with Crippen molar-refractivity contribution in [2.45, 2.75) is 16.2 Å². The lowest BCUT2D eigenvalue weighted by Crippen LogP contribution is -2.04. The predicted octanol–water partition coefficient (Wildman–Crippen LogP) is 2.66. The number of hydrogen-bond acceptors (Lipinski definition) is 6. The normalized spacial score (nSPS) is 14.0. The number of fused-ring (bicyclic) bond motifs is 1. The van der Waals surface area contributed by atoms with Crippen molar-refractivity contribution >= 4 is 31.4 Å². The molecule has 0 amide bonds. The summed E-state index contributed by atoms with van der Waals surface area (Å²) in [5.41, 5.74) is 6.72. The molecule has 1 heterocycles. The van der Waals surface area contributed by atoms with E-state index in [2.05, 4.69) is 0 Å². The highest BCUT2D eigenvalue weighted by atomic mass is 33.5. The number of aromatic hydroxyl groups is 1. The Morgan fingerprint density at radius 2 is 2.13 bits per heavy atom. The molecule has 6 heteroatoms. The van der Waals surface area contributed by atoms with E-state index in [9.17, 15) is 5.11 Å². The van der Waals surface area contributed by atoms with Gasteiger partial charge in [0.15, 0.2) is 11.5 Å². The number of benzene rings is 1. The number of ether oxygens (including phenoxy) is 1. The van der Waals surface area contributed by atoms with Crippen LogP contribution in [0.4, 0.5) is 0 Å². The van der Waals surface area contributed by atoms with E-state index in [1.807, 2.05) is 6.07 Å². The zero-order valence-electron chi connectivity index (χ0n) is 8.15. The van der Waals surface area contributed by atoms with Crippen molar-refractivity contribution in [1.29, 1.82) is 0 Å². The minimum atomic E-state index is 0.246. The summed E-state index contributed by atoms with van der Waals surface area (Å²) in [6.45, 7) is 0.607. The molecule has 0 spiro atoms. The Labute approximate surface area is 99.9 Å². The number of rotatable bonds is 3. The summed E-state index contributed by atoms with van der Waals surface area (Å²) in [7, 11) is 6.47. The first-order chi connectivity index (χ1) is 7.27. The monoisotopic (exact) mass is 261 g/mol. The number of phenols is 1. The molecule has 1 aromatic carbocycles. The average Bonchev–Trinajstić information content (AvgIpc) is 2.71. The predicted molar refractivity (Wildman–Crippen MR) is 66.7 cm³/mol. The van der Waals surface area contributed by atoms with Crippen molar-refractivity contribution in [2.75, 3.05) is 13.7 Å². The van der Waals surface area contributed by atoms with E-state index in [1.165, 1.54) is 0 Å². The van der Waals surface area contributed by atoms with Gasteiger partial charge in [0.1, 0.15) is 0 Å². The Morgan fingerprint density at radius 3 is 2.80 bits per heavy atom. The van der Waals surface area contributed by atoms with Crippen LogP contribution in [0.5, 0.6) is 11.5 Å². The van der Waals surface area contributed by atoms with Crippen molar-refractivity contribution in [3.05, 3.63) is 11.6 Å². The molecule has 0 radical (unpaired) electrons. The fraction of sp³-hybridized carbons (Fsp3) is 0.333. The zero-order chi connectivity index (χ0) is 10.8. The van der Waals surface area contributed by atoms with E-state index in [1.54, 1.807) is 38.5 Å². The average molecular weight is 261 g/mol. The molecule has 0 fully saturated rings. The molecule has 0 saturated heterocycles. The summed E-state index contributed by atoms with van der Waals surface area (Å²) >= 11 is 0. The molecular formula is C9H11NO2S3.